The van der Waals surface area contributed by atoms with Crippen LogP contribution in [0.5, 0.6) is 11.5 Å². The van der Waals surface area contributed by atoms with Gasteiger partial charge in [0.15, 0.2) is 11.5 Å². The van der Waals surface area contributed by atoms with Crippen molar-refractivity contribution in [3.8, 4) is 11.5 Å². The molecule has 0 atom stereocenters. The van der Waals surface area contributed by atoms with Gasteiger partial charge in [0.1, 0.15) is 0 Å². The maximum absolute atomic E-state index is 11.7. The van der Waals surface area contributed by atoms with Crippen molar-refractivity contribution in [2.75, 3.05) is 11.5 Å². The van der Waals surface area contributed by atoms with Gasteiger partial charge in [-0.3, -0.25) is 0 Å². The van der Waals surface area contributed by atoms with Crippen molar-refractivity contribution in [2.24, 2.45) is 0 Å². The normalized spacial score (nSPS) is 12.3. The first-order chi connectivity index (χ1) is 9.29. The van der Waals surface area contributed by atoms with E-state index in [1.807, 2.05) is 6.92 Å². The number of hydrogen-bond donors (Lipinski definition) is 0. The van der Waals surface area contributed by atoms with Gasteiger partial charge in [0.05, 0.1) is 11.5 Å². The smallest absolute Gasteiger partial charge is 0.309 e. The van der Waals surface area contributed by atoms with Crippen molar-refractivity contribution in [1.82, 2.24) is 0 Å². The first-order valence-electron chi connectivity index (χ1n) is 6.20. The Morgan fingerprint density at radius 3 is 1.85 bits per heavy atom. The van der Waals surface area contributed by atoms with Gasteiger partial charge >= 0.3 is 20.2 Å². The van der Waals surface area contributed by atoms with Gasteiger partial charge in [0.25, 0.3) is 0 Å². The quantitative estimate of drug-likeness (QED) is 0.640. The lowest BCUT2D eigenvalue weighted by molar-refractivity contribution is 0.450. The summed E-state index contributed by atoms with van der Waals surface area (Å²) in [4.78, 5) is 0. The zero-order chi connectivity index (χ0) is 15.2. The van der Waals surface area contributed by atoms with Crippen LogP contribution in [-0.2, 0) is 20.2 Å². The molecule has 0 radical (unpaired) electrons. The predicted octanol–water partition coefficient (Wildman–Crippen LogP) is 2.38. The Hall–Kier alpha value is -0.800. The monoisotopic (exact) mass is 342 g/mol. The Labute approximate surface area is 124 Å². The number of rotatable bonds is 9. The summed E-state index contributed by atoms with van der Waals surface area (Å²) in [5.41, 5.74) is 0. The second kappa shape index (κ2) is 7.28. The molecule has 0 saturated heterocycles. The number of hydrogen-bond acceptors (Lipinski definition) is 7. The van der Waals surface area contributed by atoms with Crippen LogP contribution < -0.4 is 8.37 Å². The third-order valence-electron chi connectivity index (χ3n) is 2.23. The third kappa shape index (κ3) is 5.68. The first kappa shape index (κ1) is 17.3. The highest BCUT2D eigenvalue weighted by molar-refractivity contribution is 7.87. The van der Waals surface area contributed by atoms with Crippen LogP contribution in [0.1, 0.15) is 33.1 Å². The maximum Gasteiger partial charge on any atom is 0.309 e. The van der Waals surface area contributed by atoms with Crippen molar-refractivity contribution >= 4 is 31.6 Å². The van der Waals surface area contributed by atoms with E-state index in [2.05, 4.69) is 0 Å². The van der Waals surface area contributed by atoms with Gasteiger partial charge in [-0.25, -0.2) is 0 Å². The molecule has 1 aromatic rings. The first-order valence-corrected chi connectivity index (χ1v) is 10.3. The van der Waals surface area contributed by atoms with Crippen LogP contribution in [0.25, 0.3) is 0 Å². The van der Waals surface area contributed by atoms with Gasteiger partial charge in [-0.2, -0.15) is 16.8 Å². The van der Waals surface area contributed by atoms with E-state index in [0.717, 1.165) is 17.8 Å². The van der Waals surface area contributed by atoms with Gasteiger partial charge < -0.3 is 8.37 Å². The summed E-state index contributed by atoms with van der Waals surface area (Å²) in [5, 5.41) is 2.80. The minimum atomic E-state index is -3.73. The van der Waals surface area contributed by atoms with Crippen molar-refractivity contribution < 1.29 is 25.2 Å². The van der Waals surface area contributed by atoms with Crippen LogP contribution >= 0.6 is 11.3 Å². The van der Waals surface area contributed by atoms with Gasteiger partial charge in [-0.15, -0.1) is 11.3 Å². The molecule has 6 nitrogen and oxygen atoms in total. The Bertz CT molecular complexity index is 614. The van der Waals surface area contributed by atoms with Gasteiger partial charge in [0.2, 0.25) is 0 Å². The Morgan fingerprint density at radius 1 is 0.900 bits per heavy atom. The molecule has 116 valence electrons. The maximum atomic E-state index is 11.7. The van der Waals surface area contributed by atoms with E-state index in [-0.39, 0.29) is 23.0 Å². The molecule has 20 heavy (non-hydrogen) atoms. The van der Waals surface area contributed by atoms with Crippen LogP contribution in [0.2, 0.25) is 0 Å². The molecule has 0 fully saturated rings. The lowest BCUT2D eigenvalue weighted by Gasteiger charge is -2.08. The minimum absolute atomic E-state index is 0.0780. The van der Waals surface area contributed by atoms with Gasteiger partial charge in [-0.05, 0) is 12.8 Å². The van der Waals surface area contributed by atoms with Gasteiger partial charge in [0, 0.05) is 10.8 Å². The highest BCUT2D eigenvalue weighted by atomic mass is 32.2. The second-order valence-electron chi connectivity index (χ2n) is 4.14. The van der Waals surface area contributed by atoms with E-state index in [0.29, 0.717) is 12.8 Å². The molecule has 0 N–H and O–H groups in total. The largest absolute Gasteiger partial charge is 0.377 e. The lowest BCUT2D eigenvalue weighted by Crippen LogP contribution is -2.16. The summed E-state index contributed by atoms with van der Waals surface area (Å²) in [6.45, 7) is 3.58. The molecule has 0 aliphatic heterocycles. The molecule has 1 rings (SSSR count). The SMILES string of the molecule is CCCCS(=O)(=O)Oc1cscc1OS(=O)(=O)CCC. The Balaban J connectivity index is 2.82. The van der Waals surface area contributed by atoms with Crippen molar-refractivity contribution in [2.45, 2.75) is 33.1 Å². The number of thiophene rings is 1. The highest BCUT2D eigenvalue weighted by Crippen LogP contribution is 2.34. The summed E-state index contributed by atoms with van der Waals surface area (Å²) < 4.78 is 56.2. The van der Waals surface area contributed by atoms with Crippen LogP contribution in [0.4, 0.5) is 0 Å². The van der Waals surface area contributed by atoms with E-state index in [4.69, 9.17) is 8.37 Å². The fourth-order valence-electron chi connectivity index (χ4n) is 1.32. The summed E-state index contributed by atoms with van der Waals surface area (Å²) in [6, 6.07) is 0. The van der Waals surface area contributed by atoms with E-state index in [1.54, 1.807) is 6.92 Å². The average Bonchev–Trinajstić information content (AvgIpc) is 2.72. The fourth-order valence-corrected chi connectivity index (χ4v) is 4.21. The molecule has 0 unspecified atom stereocenters. The summed E-state index contributed by atoms with van der Waals surface area (Å²) in [6.07, 6.45) is 1.62. The average molecular weight is 342 g/mol. The number of unbranched alkanes of at least 4 members (excludes halogenated alkanes) is 1. The third-order valence-corrected chi connectivity index (χ3v) is 5.49. The molecule has 0 aromatic carbocycles. The zero-order valence-electron chi connectivity index (χ0n) is 11.4. The van der Waals surface area contributed by atoms with E-state index >= 15 is 0 Å². The molecular formula is C11H18O6S3. The molecule has 1 heterocycles. The molecule has 0 spiro atoms. The second-order valence-corrected chi connectivity index (χ2v) is 8.27. The standard InChI is InChI=1S/C11H18O6S3/c1-3-5-7-20(14,15)17-11-9-18-8-10(11)16-19(12,13)6-4-2/h8-9H,3-7H2,1-2H3. The molecule has 0 aliphatic rings. The Kier molecular flexibility index (Phi) is 6.28. The molecular weight excluding hydrogens is 324 g/mol. The molecule has 0 bridgehead atoms. The van der Waals surface area contributed by atoms with E-state index in [1.165, 1.54) is 10.8 Å². The summed E-state index contributed by atoms with van der Waals surface area (Å²) in [7, 11) is -7.44. The van der Waals surface area contributed by atoms with Crippen LogP contribution in [0.3, 0.4) is 0 Å². The van der Waals surface area contributed by atoms with E-state index in [9.17, 15) is 16.8 Å². The van der Waals surface area contributed by atoms with Crippen molar-refractivity contribution in [3.05, 3.63) is 10.8 Å². The molecule has 1 aromatic heterocycles. The van der Waals surface area contributed by atoms with Crippen LogP contribution in [0.15, 0.2) is 10.8 Å². The zero-order valence-corrected chi connectivity index (χ0v) is 13.8. The van der Waals surface area contributed by atoms with Crippen LogP contribution in [0, 0.1) is 0 Å². The summed E-state index contributed by atoms with van der Waals surface area (Å²) >= 11 is 1.11. The molecule has 0 aliphatic carbocycles. The minimum Gasteiger partial charge on any atom is -0.377 e. The molecule has 9 heteroatoms. The van der Waals surface area contributed by atoms with Gasteiger partial charge in [-0.1, -0.05) is 20.3 Å². The van der Waals surface area contributed by atoms with Crippen molar-refractivity contribution in [1.29, 1.82) is 0 Å². The van der Waals surface area contributed by atoms with Crippen molar-refractivity contribution in [3.63, 3.8) is 0 Å². The Morgan fingerprint density at radius 2 is 1.40 bits per heavy atom. The van der Waals surface area contributed by atoms with Crippen LogP contribution in [-0.4, -0.2) is 28.3 Å². The molecule has 0 amide bonds. The topological polar surface area (TPSA) is 86.7 Å². The van der Waals surface area contributed by atoms with E-state index < -0.39 is 20.2 Å². The fraction of sp³-hybridized carbons (Fsp3) is 0.636. The lowest BCUT2D eigenvalue weighted by atomic mass is 10.4. The summed E-state index contributed by atoms with van der Waals surface area (Å²) in [5.74, 6) is -0.403. The predicted molar refractivity (Wildman–Crippen MR) is 78.3 cm³/mol. The highest BCUT2D eigenvalue weighted by Gasteiger charge is 2.20. The molecule has 0 saturated carbocycles.